The number of carbonyl (C=O) groups is 1. The molecule has 1 aromatic carbocycles. The third kappa shape index (κ3) is 4.34. The fourth-order valence-electron chi connectivity index (χ4n) is 1.36. The van der Waals surface area contributed by atoms with Crippen molar-refractivity contribution in [3.8, 4) is 5.75 Å². The molecule has 1 N–H and O–H groups in total. The molecule has 3 nitrogen and oxygen atoms in total. The fraction of sp³-hybridized carbons (Fsp3) is 0.462. The Hall–Kier alpha value is -1.51. The molecule has 1 rings (SSSR count). The second kappa shape index (κ2) is 6.16. The van der Waals surface area contributed by atoms with Crippen molar-refractivity contribution in [1.29, 1.82) is 0 Å². The topological polar surface area (TPSA) is 46.5 Å². The monoisotopic (exact) mass is 222 g/mol. The predicted molar refractivity (Wildman–Crippen MR) is 62.7 cm³/mol. The van der Waals surface area contributed by atoms with E-state index in [4.69, 9.17) is 9.84 Å². The fourth-order valence-corrected chi connectivity index (χ4v) is 1.36. The van der Waals surface area contributed by atoms with Crippen molar-refractivity contribution in [2.75, 3.05) is 6.61 Å². The van der Waals surface area contributed by atoms with Crippen LogP contribution in [0.5, 0.6) is 5.75 Å². The third-order valence-electron chi connectivity index (χ3n) is 2.27. The van der Waals surface area contributed by atoms with E-state index in [0.29, 0.717) is 18.3 Å². The predicted octanol–water partition coefficient (Wildman–Crippen LogP) is 2.74. The smallest absolute Gasteiger partial charge is 0.307 e. The number of rotatable bonds is 6. The third-order valence-corrected chi connectivity index (χ3v) is 2.27. The van der Waals surface area contributed by atoms with Gasteiger partial charge in [-0.05, 0) is 18.4 Å². The highest BCUT2D eigenvalue weighted by atomic mass is 16.5. The highest BCUT2D eigenvalue weighted by molar-refractivity contribution is 5.71. The number of aliphatic carboxylic acids is 1. The molecule has 3 heteroatoms. The second-order valence-electron chi connectivity index (χ2n) is 4.21. The summed E-state index contributed by atoms with van der Waals surface area (Å²) in [5, 5.41) is 8.75. The van der Waals surface area contributed by atoms with Gasteiger partial charge in [0.15, 0.2) is 0 Å². The Bertz CT molecular complexity index is 345. The van der Waals surface area contributed by atoms with Crippen molar-refractivity contribution in [3.05, 3.63) is 29.8 Å². The molecule has 0 aromatic heterocycles. The first kappa shape index (κ1) is 12.6. The zero-order valence-electron chi connectivity index (χ0n) is 9.77. The van der Waals surface area contributed by atoms with E-state index in [1.165, 1.54) is 0 Å². The van der Waals surface area contributed by atoms with Crippen molar-refractivity contribution in [3.63, 3.8) is 0 Å². The quantitative estimate of drug-likeness (QED) is 0.805. The van der Waals surface area contributed by atoms with Crippen LogP contribution >= 0.6 is 0 Å². The second-order valence-corrected chi connectivity index (χ2v) is 4.21. The van der Waals surface area contributed by atoms with Gasteiger partial charge >= 0.3 is 5.97 Å². The molecule has 88 valence electrons. The molecule has 0 spiro atoms. The van der Waals surface area contributed by atoms with Crippen LogP contribution in [-0.2, 0) is 11.2 Å². The Morgan fingerprint density at radius 3 is 2.69 bits per heavy atom. The molecule has 0 unspecified atom stereocenters. The Labute approximate surface area is 96.1 Å². The molecule has 0 heterocycles. The van der Waals surface area contributed by atoms with Crippen LogP contribution in [0.4, 0.5) is 0 Å². The molecule has 16 heavy (non-hydrogen) atoms. The van der Waals surface area contributed by atoms with E-state index in [0.717, 1.165) is 12.0 Å². The lowest BCUT2D eigenvalue weighted by molar-refractivity contribution is -0.136. The maximum absolute atomic E-state index is 10.6. The Morgan fingerprint density at radius 1 is 1.38 bits per heavy atom. The van der Waals surface area contributed by atoms with Crippen LogP contribution in [0.2, 0.25) is 0 Å². The van der Waals surface area contributed by atoms with Gasteiger partial charge in [-0.25, -0.2) is 0 Å². The van der Waals surface area contributed by atoms with Crippen LogP contribution in [0.3, 0.4) is 0 Å². The Morgan fingerprint density at radius 2 is 2.06 bits per heavy atom. The highest BCUT2D eigenvalue weighted by Gasteiger charge is 2.07. The number of carboxylic acid groups (broad SMARTS) is 1. The normalized spacial score (nSPS) is 10.4. The maximum atomic E-state index is 10.6. The van der Waals surface area contributed by atoms with Gasteiger partial charge in [-0.2, -0.15) is 0 Å². The van der Waals surface area contributed by atoms with Gasteiger partial charge < -0.3 is 9.84 Å². The first-order chi connectivity index (χ1) is 7.59. The summed E-state index contributed by atoms with van der Waals surface area (Å²) in [6.45, 7) is 4.90. The number of carboxylic acids is 1. The van der Waals surface area contributed by atoms with Gasteiger partial charge in [0.2, 0.25) is 0 Å². The van der Waals surface area contributed by atoms with Gasteiger partial charge in [-0.3, -0.25) is 4.79 Å². The molecule has 0 bridgehead atoms. The molecule has 0 radical (unpaired) electrons. The lowest BCUT2D eigenvalue weighted by Gasteiger charge is -2.11. The van der Waals surface area contributed by atoms with Crippen molar-refractivity contribution in [1.82, 2.24) is 0 Å². The van der Waals surface area contributed by atoms with E-state index in [1.54, 1.807) is 6.07 Å². The number of para-hydroxylation sites is 1. The van der Waals surface area contributed by atoms with Crippen molar-refractivity contribution in [2.45, 2.75) is 26.7 Å². The van der Waals surface area contributed by atoms with E-state index in [1.807, 2.05) is 18.2 Å². The van der Waals surface area contributed by atoms with Crippen LogP contribution in [-0.4, -0.2) is 17.7 Å². The molecule has 0 saturated heterocycles. The van der Waals surface area contributed by atoms with Crippen LogP contribution in [0.25, 0.3) is 0 Å². The van der Waals surface area contributed by atoms with Crippen LogP contribution in [0.15, 0.2) is 24.3 Å². The number of hydrogen-bond acceptors (Lipinski definition) is 2. The van der Waals surface area contributed by atoms with E-state index >= 15 is 0 Å². The molecule has 0 saturated carbocycles. The first-order valence-electron chi connectivity index (χ1n) is 5.52. The summed E-state index contributed by atoms with van der Waals surface area (Å²) in [4.78, 5) is 10.6. The Balaban J connectivity index is 2.60. The highest BCUT2D eigenvalue weighted by Crippen LogP contribution is 2.19. The standard InChI is InChI=1S/C13H18O3/c1-10(2)7-8-16-12-6-4-3-5-11(12)9-13(14)15/h3-6,10H,7-9H2,1-2H3,(H,14,15). The average Bonchev–Trinajstić information content (AvgIpc) is 2.19. The van der Waals surface area contributed by atoms with Crippen molar-refractivity contribution >= 4 is 5.97 Å². The van der Waals surface area contributed by atoms with E-state index in [9.17, 15) is 4.79 Å². The average molecular weight is 222 g/mol. The van der Waals surface area contributed by atoms with Gasteiger partial charge in [0.25, 0.3) is 0 Å². The van der Waals surface area contributed by atoms with Gasteiger partial charge in [0.05, 0.1) is 13.0 Å². The summed E-state index contributed by atoms with van der Waals surface area (Å²) in [6, 6.07) is 7.29. The number of benzene rings is 1. The largest absolute Gasteiger partial charge is 0.493 e. The van der Waals surface area contributed by atoms with Gasteiger partial charge in [-0.15, -0.1) is 0 Å². The van der Waals surface area contributed by atoms with E-state index in [2.05, 4.69) is 13.8 Å². The lowest BCUT2D eigenvalue weighted by Crippen LogP contribution is -2.06. The van der Waals surface area contributed by atoms with Crippen LogP contribution in [0, 0.1) is 5.92 Å². The van der Waals surface area contributed by atoms with Gasteiger partial charge in [0.1, 0.15) is 5.75 Å². The van der Waals surface area contributed by atoms with Gasteiger partial charge in [-0.1, -0.05) is 32.0 Å². The zero-order chi connectivity index (χ0) is 12.0. The van der Waals surface area contributed by atoms with E-state index in [-0.39, 0.29) is 6.42 Å². The summed E-state index contributed by atoms with van der Waals surface area (Å²) in [7, 11) is 0. The molecule has 0 aliphatic carbocycles. The zero-order valence-corrected chi connectivity index (χ0v) is 9.77. The summed E-state index contributed by atoms with van der Waals surface area (Å²) in [6.07, 6.45) is 0.985. The summed E-state index contributed by atoms with van der Waals surface area (Å²) < 4.78 is 5.59. The summed E-state index contributed by atoms with van der Waals surface area (Å²) in [5.41, 5.74) is 0.735. The molecule has 0 aliphatic rings. The number of ether oxygens (including phenoxy) is 1. The summed E-state index contributed by atoms with van der Waals surface area (Å²) >= 11 is 0. The Kier molecular flexibility index (Phi) is 4.83. The van der Waals surface area contributed by atoms with Crippen LogP contribution in [0.1, 0.15) is 25.8 Å². The maximum Gasteiger partial charge on any atom is 0.307 e. The van der Waals surface area contributed by atoms with Crippen molar-refractivity contribution < 1.29 is 14.6 Å². The first-order valence-corrected chi connectivity index (χ1v) is 5.52. The SMILES string of the molecule is CC(C)CCOc1ccccc1CC(=O)O. The molecule has 1 aromatic rings. The van der Waals surface area contributed by atoms with Gasteiger partial charge in [0, 0.05) is 5.56 Å². The number of hydrogen-bond donors (Lipinski definition) is 1. The molecular formula is C13H18O3. The van der Waals surface area contributed by atoms with Crippen molar-refractivity contribution in [2.24, 2.45) is 5.92 Å². The minimum Gasteiger partial charge on any atom is -0.493 e. The minimum atomic E-state index is -0.833. The minimum absolute atomic E-state index is 0.0118. The van der Waals surface area contributed by atoms with Crippen LogP contribution < -0.4 is 4.74 Å². The molecule has 0 amide bonds. The molecule has 0 atom stereocenters. The summed E-state index contributed by atoms with van der Waals surface area (Å²) in [5.74, 6) is 0.442. The molecular weight excluding hydrogens is 204 g/mol. The lowest BCUT2D eigenvalue weighted by atomic mass is 10.1. The van der Waals surface area contributed by atoms with E-state index < -0.39 is 5.97 Å². The molecule has 0 aliphatic heterocycles. The molecule has 0 fully saturated rings.